The smallest absolute Gasteiger partial charge is 0.225 e. The van der Waals surface area contributed by atoms with Crippen LogP contribution >= 0.6 is 12.2 Å². The number of thiocarbonyl (C=S) groups is 1. The molecule has 2 unspecified atom stereocenters. The number of amides is 1. The van der Waals surface area contributed by atoms with Gasteiger partial charge in [-0.3, -0.25) is 4.79 Å². The highest BCUT2D eigenvalue weighted by Crippen LogP contribution is 2.42. The van der Waals surface area contributed by atoms with Crippen molar-refractivity contribution in [1.82, 2.24) is 15.5 Å². The Morgan fingerprint density at radius 2 is 1.87 bits per heavy atom. The van der Waals surface area contributed by atoms with Crippen molar-refractivity contribution in [2.75, 3.05) is 33.9 Å². The molecule has 3 rings (SSSR count). The number of likely N-dealkylation sites (tertiary alicyclic amines) is 1. The Balaban J connectivity index is 1.85. The normalized spacial score (nSPS) is 17.9. The third kappa shape index (κ3) is 5.25. The summed E-state index contributed by atoms with van der Waals surface area (Å²) in [7, 11) is 3.19. The number of nitrogens with zero attached hydrogens (tertiary/aromatic N) is 1. The van der Waals surface area contributed by atoms with Gasteiger partial charge in [0.15, 0.2) is 16.6 Å². The highest BCUT2D eigenvalue weighted by Gasteiger charge is 2.41. The van der Waals surface area contributed by atoms with E-state index in [9.17, 15) is 9.18 Å². The molecule has 1 aliphatic rings. The molecule has 31 heavy (non-hydrogen) atoms. The van der Waals surface area contributed by atoms with Crippen LogP contribution in [0, 0.1) is 11.7 Å². The quantitative estimate of drug-likeness (QED) is 0.639. The maximum atomic E-state index is 13.2. The minimum atomic E-state index is -0.335. The van der Waals surface area contributed by atoms with Crippen molar-refractivity contribution in [3.8, 4) is 11.5 Å². The summed E-state index contributed by atoms with van der Waals surface area (Å²) >= 11 is 5.51. The van der Waals surface area contributed by atoms with E-state index in [0.717, 1.165) is 11.1 Å². The van der Waals surface area contributed by atoms with Crippen LogP contribution in [-0.4, -0.2) is 49.8 Å². The topological polar surface area (TPSA) is 62.8 Å². The van der Waals surface area contributed by atoms with Gasteiger partial charge in [-0.15, -0.1) is 0 Å². The summed E-state index contributed by atoms with van der Waals surface area (Å²) in [6, 6.07) is 11.8. The number of halogens is 1. The SMILES string of the molecule is CCNC(=S)N1CC(C(=O)NCc2ccc(F)cc2)C(c2cccc(OC)c2OC)C1. The molecule has 2 aromatic rings. The van der Waals surface area contributed by atoms with Crippen molar-refractivity contribution >= 4 is 23.2 Å². The molecule has 166 valence electrons. The third-order valence-corrected chi connectivity index (χ3v) is 5.89. The molecule has 1 aliphatic heterocycles. The van der Waals surface area contributed by atoms with E-state index >= 15 is 0 Å². The highest BCUT2D eigenvalue weighted by molar-refractivity contribution is 7.80. The van der Waals surface area contributed by atoms with Gasteiger partial charge < -0.3 is 25.0 Å². The Hall–Kier alpha value is -2.87. The average Bonchev–Trinajstić information content (AvgIpc) is 3.23. The lowest BCUT2D eigenvalue weighted by Gasteiger charge is -2.22. The molecular weight excluding hydrogens is 417 g/mol. The molecule has 2 aromatic carbocycles. The summed E-state index contributed by atoms with van der Waals surface area (Å²) in [5, 5.41) is 6.79. The molecule has 1 fully saturated rings. The van der Waals surface area contributed by atoms with E-state index in [0.29, 0.717) is 42.8 Å². The van der Waals surface area contributed by atoms with Crippen LogP contribution in [0.4, 0.5) is 4.39 Å². The molecule has 8 heteroatoms. The van der Waals surface area contributed by atoms with Crippen LogP contribution in [0.5, 0.6) is 11.5 Å². The summed E-state index contributed by atoms with van der Waals surface area (Å²) in [6.07, 6.45) is 0. The van der Waals surface area contributed by atoms with Crippen LogP contribution in [-0.2, 0) is 11.3 Å². The fraction of sp³-hybridized carbons (Fsp3) is 0.391. The van der Waals surface area contributed by atoms with Gasteiger partial charge in [0.05, 0.1) is 20.1 Å². The molecule has 0 aliphatic carbocycles. The van der Waals surface area contributed by atoms with Crippen LogP contribution in [0.3, 0.4) is 0 Å². The number of ether oxygens (including phenoxy) is 2. The van der Waals surface area contributed by atoms with E-state index in [-0.39, 0.29) is 23.6 Å². The predicted molar refractivity (Wildman–Crippen MR) is 122 cm³/mol. The van der Waals surface area contributed by atoms with E-state index in [1.165, 1.54) is 12.1 Å². The maximum absolute atomic E-state index is 13.2. The number of carbonyl (C=O) groups excluding carboxylic acids is 1. The van der Waals surface area contributed by atoms with Gasteiger partial charge in [0.25, 0.3) is 0 Å². The molecule has 2 N–H and O–H groups in total. The number of para-hydroxylation sites is 1. The van der Waals surface area contributed by atoms with Crippen LogP contribution in [0.1, 0.15) is 24.0 Å². The number of methoxy groups -OCH3 is 2. The van der Waals surface area contributed by atoms with E-state index < -0.39 is 0 Å². The minimum Gasteiger partial charge on any atom is -0.493 e. The van der Waals surface area contributed by atoms with Crippen molar-refractivity contribution in [2.45, 2.75) is 19.4 Å². The van der Waals surface area contributed by atoms with Gasteiger partial charge in [-0.25, -0.2) is 4.39 Å². The first-order chi connectivity index (χ1) is 15.0. The van der Waals surface area contributed by atoms with Gasteiger partial charge in [0, 0.05) is 37.7 Å². The Morgan fingerprint density at radius 1 is 1.13 bits per heavy atom. The second-order valence-corrected chi connectivity index (χ2v) is 7.77. The third-order valence-electron chi connectivity index (χ3n) is 5.48. The first kappa shape index (κ1) is 22.8. The number of nitrogens with one attached hydrogen (secondary N) is 2. The Labute approximate surface area is 187 Å². The van der Waals surface area contributed by atoms with Crippen molar-refractivity contribution in [2.24, 2.45) is 5.92 Å². The molecule has 0 spiro atoms. The first-order valence-corrected chi connectivity index (χ1v) is 10.6. The van der Waals surface area contributed by atoms with Crippen LogP contribution in [0.25, 0.3) is 0 Å². The molecule has 0 saturated carbocycles. The van der Waals surface area contributed by atoms with Gasteiger partial charge in [-0.2, -0.15) is 0 Å². The molecule has 2 atom stereocenters. The highest BCUT2D eigenvalue weighted by atomic mass is 32.1. The van der Waals surface area contributed by atoms with Gasteiger partial charge in [0.2, 0.25) is 5.91 Å². The van der Waals surface area contributed by atoms with Crippen LogP contribution in [0.2, 0.25) is 0 Å². The maximum Gasteiger partial charge on any atom is 0.225 e. The van der Waals surface area contributed by atoms with Gasteiger partial charge >= 0.3 is 0 Å². The van der Waals surface area contributed by atoms with Gasteiger partial charge in [-0.1, -0.05) is 24.3 Å². The summed E-state index contributed by atoms with van der Waals surface area (Å²) < 4.78 is 24.2. The predicted octanol–water partition coefficient (Wildman–Crippen LogP) is 3.07. The second-order valence-electron chi connectivity index (χ2n) is 7.38. The average molecular weight is 446 g/mol. The van der Waals surface area contributed by atoms with E-state index in [1.807, 2.05) is 30.0 Å². The number of hydrogen-bond donors (Lipinski definition) is 2. The summed E-state index contributed by atoms with van der Waals surface area (Å²) in [5.74, 6) is 0.401. The Morgan fingerprint density at radius 3 is 2.52 bits per heavy atom. The lowest BCUT2D eigenvalue weighted by molar-refractivity contribution is -0.125. The summed E-state index contributed by atoms with van der Waals surface area (Å²) in [4.78, 5) is 15.2. The molecule has 6 nitrogen and oxygen atoms in total. The van der Waals surface area contributed by atoms with Crippen molar-refractivity contribution in [1.29, 1.82) is 0 Å². The Kier molecular flexibility index (Phi) is 7.68. The molecular formula is C23H28FN3O3S. The second kappa shape index (κ2) is 10.4. The number of hydrogen-bond acceptors (Lipinski definition) is 4. The molecule has 0 aromatic heterocycles. The molecule has 0 bridgehead atoms. The first-order valence-electron chi connectivity index (χ1n) is 10.2. The fourth-order valence-electron chi connectivity index (χ4n) is 3.94. The van der Waals surface area contributed by atoms with Gasteiger partial charge in [0.1, 0.15) is 5.82 Å². The zero-order chi connectivity index (χ0) is 22.4. The monoisotopic (exact) mass is 445 g/mol. The number of rotatable bonds is 7. The molecule has 1 saturated heterocycles. The number of carbonyl (C=O) groups is 1. The zero-order valence-corrected chi connectivity index (χ0v) is 18.8. The summed E-state index contributed by atoms with van der Waals surface area (Å²) in [6.45, 7) is 4.10. The largest absolute Gasteiger partial charge is 0.493 e. The van der Waals surface area contributed by atoms with Crippen LogP contribution in [0.15, 0.2) is 42.5 Å². The van der Waals surface area contributed by atoms with Crippen molar-refractivity contribution < 1.29 is 18.7 Å². The van der Waals surface area contributed by atoms with Gasteiger partial charge in [-0.05, 0) is 42.9 Å². The van der Waals surface area contributed by atoms with E-state index in [4.69, 9.17) is 21.7 Å². The number of benzene rings is 2. The zero-order valence-electron chi connectivity index (χ0n) is 18.0. The fourth-order valence-corrected chi connectivity index (χ4v) is 4.23. The Bertz CT molecular complexity index is 923. The van der Waals surface area contributed by atoms with Crippen molar-refractivity contribution in [3.05, 3.63) is 59.4 Å². The molecule has 1 heterocycles. The minimum absolute atomic E-state index is 0.0824. The molecule has 1 amide bonds. The standard InChI is InChI=1S/C23H28FN3O3S/c1-4-25-23(31)27-13-18(17-6-5-7-20(29-2)21(17)30-3)19(14-27)22(28)26-12-15-8-10-16(24)11-9-15/h5-11,18-19H,4,12-14H2,1-3H3,(H,25,31)(H,26,28). The van der Waals surface area contributed by atoms with E-state index in [1.54, 1.807) is 26.4 Å². The van der Waals surface area contributed by atoms with Crippen LogP contribution < -0.4 is 20.1 Å². The lowest BCUT2D eigenvalue weighted by atomic mass is 9.87. The summed E-state index contributed by atoms with van der Waals surface area (Å²) in [5.41, 5.74) is 1.74. The van der Waals surface area contributed by atoms with E-state index in [2.05, 4.69) is 10.6 Å². The lowest BCUT2D eigenvalue weighted by Crippen LogP contribution is -2.39. The molecule has 0 radical (unpaired) electrons. The van der Waals surface area contributed by atoms with Crippen molar-refractivity contribution in [3.63, 3.8) is 0 Å².